The number of hydrogen-bond donors (Lipinski definition) is 1. The lowest BCUT2D eigenvalue weighted by Gasteiger charge is -2.05. The molecule has 0 atom stereocenters. The summed E-state index contributed by atoms with van der Waals surface area (Å²) in [6, 6.07) is 4.57. The standard InChI is InChI=1S/C9H10O4/c1-12-7-3-6(9(10)11)4-8(5-7)13-2/h3-5H,1-2H3,(H,10,11)/i/hD. The molecule has 0 aliphatic heterocycles. The van der Waals surface area contributed by atoms with Crippen molar-refractivity contribution in [2.24, 2.45) is 0 Å². The highest BCUT2D eigenvalue weighted by Gasteiger charge is 2.07. The van der Waals surface area contributed by atoms with Crippen molar-refractivity contribution >= 4 is 5.97 Å². The Morgan fingerprint density at radius 2 is 1.85 bits per heavy atom. The van der Waals surface area contributed by atoms with Crippen molar-refractivity contribution in [2.45, 2.75) is 0 Å². The lowest BCUT2D eigenvalue weighted by molar-refractivity contribution is 0.0696. The van der Waals surface area contributed by atoms with Gasteiger partial charge in [-0.2, -0.15) is 0 Å². The average molecular weight is 183 g/mol. The fourth-order valence-corrected chi connectivity index (χ4v) is 0.925. The van der Waals surface area contributed by atoms with Gasteiger partial charge in [-0.15, -0.1) is 0 Å². The minimum absolute atomic E-state index is 0.219. The molecule has 0 fully saturated rings. The quantitative estimate of drug-likeness (QED) is 0.769. The summed E-state index contributed by atoms with van der Waals surface area (Å²) in [7, 11) is 2.95. The molecule has 1 rings (SSSR count). The molecule has 0 spiro atoms. The van der Waals surface area contributed by atoms with Gasteiger partial charge in [0.15, 0.2) is 0 Å². The molecule has 0 unspecified atom stereocenters. The molecule has 0 heterocycles. The number of carboxylic acids is 1. The number of benzene rings is 1. The number of ether oxygens (including phenoxy) is 2. The van der Waals surface area contributed by atoms with Gasteiger partial charge in [-0.3, -0.25) is 0 Å². The lowest BCUT2D eigenvalue weighted by Crippen LogP contribution is -1.98. The number of rotatable bonds is 3. The maximum Gasteiger partial charge on any atom is 0.335 e. The largest absolute Gasteiger partial charge is 0.497 e. The number of aromatic carboxylic acids is 1. The van der Waals surface area contributed by atoms with Crippen LogP contribution in [-0.4, -0.2) is 25.3 Å². The Bertz CT molecular complexity index is 315. The summed E-state index contributed by atoms with van der Waals surface area (Å²) >= 11 is 0. The van der Waals surface area contributed by atoms with Gasteiger partial charge in [0.2, 0.25) is 0 Å². The molecule has 0 aliphatic carbocycles. The zero-order valence-electron chi connectivity index (χ0n) is 8.37. The van der Waals surface area contributed by atoms with E-state index in [1.54, 1.807) is 6.07 Å². The Morgan fingerprint density at radius 1 is 1.31 bits per heavy atom. The van der Waals surface area contributed by atoms with Crippen molar-refractivity contribution in [1.82, 2.24) is 0 Å². The molecule has 0 bridgehead atoms. The van der Waals surface area contributed by atoms with E-state index in [-0.39, 0.29) is 5.56 Å². The summed E-state index contributed by atoms with van der Waals surface area (Å²) in [5.74, 6) is 0.205. The topological polar surface area (TPSA) is 55.8 Å². The first kappa shape index (κ1) is 7.91. The summed E-state index contributed by atoms with van der Waals surface area (Å²) in [6.45, 7) is 0. The summed E-state index contributed by atoms with van der Waals surface area (Å²) < 4.78 is 16.4. The first-order valence-electron chi connectivity index (χ1n) is 4.02. The zero-order valence-corrected chi connectivity index (χ0v) is 7.37. The van der Waals surface area contributed by atoms with Crippen LogP contribution in [0.5, 0.6) is 11.5 Å². The van der Waals surface area contributed by atoms with Crippen molar-refractivity contribution in [2.75, 3.05) is 14.2 Å². The van der Waals surface area contributed by atoms with Crippen LogP contribution in [0.2, 0.25) is 0 Å². The molecule has 0 saturated carbocycles. The van der Waals surface area contributed by atoms with E-state index >= 15 is 0 Å². The SMILES string of the molecule is [2H]OC(=O)c1cc(OC)cc(OC)c1. The molecule has 4 nitrogen and oxygen atoms in total. The Labute approximate surface area is 77.2 Å². The van der Waals surface area contributed by atoms with Gasteiger partial charge in [0.25, 0.3) is 1.43 Å². The van der Waals surface area contributed by atoms with E-state index in [2.05, 4.69) is 5.11 Å². The number of methoxy groups -OCH3 is 2. The van der Waals surface area contributed by atoms with E-state index in [0.29, 0.717) is 11.5 Å². The Morgan fingerprint density at radius 3 is 2.23 bits per heavy atom. The molecule has 4 heteroatoms. The number of hydrogen-bond acceptors (Lipinski definition) is 4. The van der Waals surface area contributed by atoms with Crippen LogP contribution in [0.1, 0.15) is 10.4 Å². The highest BCUT2D eigenvalue weighted by Crippen LogP contribution is 2.22. The monoisotopic (exact) mass is 183 g/mol. The van der Waals surface area contributed by atoms with Gasteiger partial charge in [-0.05, 0) is 12.1 Å². The van der Waals surface area contributed by atoms with Crippen molar-refractivity contribution < 1.29 is 19.4 Å². The molecule has 0 saturated heterocycles. The van der Waals surface area contributed by atoms with Crippen LogP contribution in [0.4, 0.5) is 0 Å². The van der Waals surface area contributed by atoms with Gasteiger partial charge in [-0.1, -0.05) is 0 Å². The smallest absolute Gasteiger partial charge is 0.335 e. The van der Waals surface area contributed by atoms with Gasteiger partial charge >= 0.3 is 5.97 Å². The average Bonchev–Trinajstić information content (AvgIpc) is 2.27. The third kappa shape index (κ3) is 2.11. The van der Waals surface area contributed by atoms with Crippen molar-refractivity contribution in [3.8, 4) is 11.5 Å². The molecule has 13 heavy (non-hydrogen) atoms. The Hall–Kier alpha value is -1.71. The molecule has 0 radical (unpaired) electrons. The predicted molar refractivity (Wildman–Crippen MR) is 46.5 cm³/mol. The second-order valence-corrected chi connectivity index (χ2v) is 2.39. The van der Waals surface area contributed by atoms with Crippen LogP contribution in [0, 0.1) is 0 Å². The summed E-state index contributed by atoms with van der Waals surface area (Å²) in [4.78, 5) is 11.0. The molecule has 0 amide bonds. The maximum absolute atomic E-state index is 11.0. The second-order valence-electron chi connectivity index (χ2n) is 2.39. The van der Waals surface area contributed by atoms with Crippen LogP contribution in [-0.2, 0) is 0 Å². The Balaban J connectivity index is 3.10. The maximum atomic E-state index is 11.0. The van der Waals surface area contributed by atoms with Crippen LogP contribution < -0.4 is 9.47 Å². The normalized spacial score (nSPS) is 10.2. The fraction of sp³-hybridized carbons (Fsp3) is 0.222. The third-order valence-corrected chi connectivity index (χ3v) is 1.59. The highest BCUT2D eigenvalue weighted by molar-refractivity contribution is 5.88. The minimum Gasteiger partial charge on any atom is -0.497 e. The zero-order chi connectivity index (χ0) is 10.6. The van der Waals surface area contributed by atoms with E-state index in [4.69, 9.17) is 10.9 Å². The fourth-order valence-electron chi connectivity index (χ4n) is 0.925. The first-order chi connectivity index (χ1) is 6.71. The van der Waals surface area contributed by atoms with E-state index in [1.807, 2.05) is 0 Å². The third-order valence-electron chi connectivity index (χ3n) is 1.59. The molecule has 1 aromatic carbocycles. The second kappa shape index (κ2) is 3.80. The Kier molecular flexibility index (Phi) is 2.31. The number of carboxylic acid groups (broad SMARTS) is 1. The van der Waals surface area contributed by atoms with Crippen molar-refractivity contribution in [3.63, 3.8) is 0 Å². The van der Waals surface area contributed by atoms with Crippen molar-refractivity contribution in [3.05, 3.63) is 23.8 Å². The highest BCUT2D eigenvalue weighted by atomic mass is 16.5. The minimum atomic E-state index is -0.748. The molecular weight excluding hydrogens is 172 g/mol. The van der Waals surface area contributed by atoms with Crippen LogP contribution in [0.15, 0.2) is 18.2 Å². The summed E-state index contributed by atoms with van der Waals surface area (Å²) in [6.07, 6.45) is 0. The molecule has 0 aromatic heterocycles. The van der Waals surface area contributed by atoms with E-state index < -0.39 is 5.97 Å². The molecular formula is C9H10O4. The van der Waals surface area contributed by atoms with Crippen LogP contribution in [0.3, 0.4) is 0 Å². The predicted octanol–water partition coefficient (Wildman–Crippen LogP) is 1.40. The van der Waals surface area contributed by atoms with E-state index in [1.165, 1.54) is 26.4 Å². The molecule has 1 N–H and O–H groups in total. The lowest BCUT2D eigenvalue weighted by atomic mass is 10.2. The molecule has 1 aromatic rings. The summed E-state index contributed by atoms with van der Waals surface area (Å²) in [5.41, 5.74) is 0.219. The van der Waals surface area contributed by atoms with Crippen molar-refractivity contribution in [1.29, 1.82) is 1.43 Å². The van der Waals surface area contributed by atoms with Crippen LogP contribution >= 0.6 is 0 Å². The van der Waals surface area contributed by atoms with Gasteiger partial charge < -0.3 is 14.6 Å². The van der Waals surface area contributed by atoms with E-state index in [9.17, 15) is 4.79 Å². The first-order valence-corrected chi connectivity index (χ1v) is 3.62. The van der Waals surface area contributed by atoms with Gasteiger partial charge in [0, 0.05) is 6.07 Å². The summed E-state index contributed by atoms with van der Waals surface area (Å²) in [5, 5.41) is 3.84. The number of carbonyl (C=O) groups is 1. The molecule has 70 valence electrons. The van der Waals surface area contributed by atoms with Gasteiger partial charge in [-0.25, -0.2) is 4.79 Å². The molecule has 0 aliphatic rings. The van der Waals surface area contributed by atoms with Gasteiger partial charge in [0.1, 0.15) is 11.5 Å². The van der Waals surface area contributed by atoms with E-state index in [0.717, 1.165) is 0 Å². The van der Waals surface area contributed by atoms with Gasteiger partial charge in [0.05, 0.1) is 19.8 Å². The van der Waals surface area contributed by atoms with Crippen LogP contribution in [0.25, 0.3) is 1.43 Å².